The maximum Gasteiger partial charge on any atom is 0.114 e. The minimum Gasteiger partial charge on any atom is -0.352 e. The molecule has 2 aromatic rings. The minimum absolute atomic E-state index is 0.674. The van der Waals surface area contributed by atoms with E-state index < -0.39 is 0 Å². The Kier molecular flexibility index (Phi) is 6.61. The fraction of sp³-hybridized carbons (Fsp3) is 0.304. The predicted molar refractivity (Wildman–Crippen MR) is 118 cm³/mol. The summed E-state index contributed by atoms with van der Waals surface area (Å²) in [4.78, 5) is 2.16. The van der Waals surface area contributed by atoms with Crippen LogP contribution in [0.25, 0.3) is 5.57 Å². The van der Waals surface area contributed by atoms with Gasteiger partial charge in [0, 0.05) is 33.1 Å². The molecule has 5 heteroatoms. The Balaban J connectivity index is 1.88. The van der Waals surface area contributed by atoms with Gasteiger partial charge in [0.15, 0.2) is 0 Å². The third-order valence-corrected chi connectivity index (χ3v) is 5.07. The highest BCUT2D eigenvalue weighted by Crippen LogP contribution is 2.26. The first-order chi connectivity index (χ1) is 13.6. The molecule has 0 spiro atoms. The van der Waals surface area contributed by atoms with E-state index in [0.29, 0.717) is 6.54 Å². The van der Waals surface area contributed by atoms with E-state index in [0.717, 1.165) is 24.1 Å². The zero-order valence-corrected chi connectivity index (χ0v) is 16.8. The van der Waals surface area contributed by atoms with E-state index in [2.05, 4.69) is 71.2 Å². The summed E-state index contributed by atoms with van der Waals surface area (Å²) in [5, 5.41) is 9.30. The lowest BCUT2D eigenvalue weighted by Crippen LogP contribution is -2.26. The van der Waals surface area contributed by atoms with Crippen LogP contribution >= 0.6 is 0 Å². The van der Waals surface area contributed by atoms with Gasteiger partial charge in [0.1, 0.15) is 6.34 Å². The van der Waals surface area contributed by atoms with Crippen LogP contribution in [-0.4, -0.2) is 36.6 Å². The van der Waals surface area contributed by atoms with Crippen molar-refractivity contribution in [2.24, 2.45) is 16.0 Å². The second-order valence-electron chi connectivity index (χ2n) is 7.37. The first kappa shape index (κ1) is 19.8. The van der Waals surface area contributed by atoms with Crippen molar-refractivity contribution in [2.75, 3.05) is 13.6 Å². The maximum atomic E-state index is 5.94. The molecule has 0 atom stereocenters. The predicted octanol–water partition coefficient (Wildman–Crippen LogP) is 3.78. The van der Waals surface area contributed by atoms with Crippen LogP contribution in [0.15, 0.2) is 58.9 Å². The number of nitrogens with two attached hydrogens (primary N) is 1. The SMILES string of the molecule is C=N/N=C\N(C/C(=C\N(C)N)c1ccc(C)cc1)Cc1cccc2c1CCC2. The minimum atomic E-state index is 0.674. The molecule has 0 heterocycles. The number of hydrazine groups is 1. The van der Waals surface area contributed by atoms with Gasteiger partial charge in [0.25, 0.3) is 0 Å². The summed E-state index contributed by atoms with van der Waals surface area (Å²) in [6.07, 6.45) is 7.30. The molecule has 2 aromatic carbocycles. The Labute approximate surface area is 167 Å². The summed E-state index contributed by atoms with van der Waals surface area (Å²) in [5.41, 5.74) is 7.82. The molecule has 0 radical (unpaired) electrons. The van der Waals surface area contributed by atoms with Gasteiger partial charge in [0.2, 0.25) is 0 Å². The van der Waals surface area contributed by atoms with Crippen LogP contribution < -0.4 is 5.84 Å². The van der Waals surface area contributed by atoms with Gasteiger partial charge in [-0.2, -0.15) is 5.10 Å². The third kappa shape index (κ3) is 5.08. The smallest absolute Gasteiger partial charge is 0.114 e. The van der Waals surface area contributed by atoms with E-state index in [9.17, 15) is 0 Å². The molecular formula is C23H29N5. The van der Waals surface area contributed by atoms with Gasteiger partial charge in [-0.05, 0) is 54.0 Å². The number of benzene rings is 2. The van der Waals surface area contributed by atoms with E-state index in [1.807, 2.05) is 13.2 Å². The van der Waals surface area contributed by atoms with E-state index in [-0.39, 0.29) is 0 Å². The Morgan fingerprint density at radius 3 is 2.68 bits per heavy atom. The van der Waals surface area contributed by atoms with Crippen LogP contribution in [0.3, 0.4) is 0 Å². The quantitative estimate of drug-likeness (QED) is 0.331. The molecule has 1 aliphatic carbocycles. The van der Waals surface area contributed by atoms with Gasteiger partial charge in [-0.3, -0.25) is 0 Å². The molecule has 2 N–H and O–H groups in total. The van der Waals surface area contributed by atoms with E-state index in [1.165, 1.54) is 35.1 Å². The number of hydrogen-bond acceptors (Lipinski definition) is 4. The highest BCUT2D eigenvalue weighted by Gasteiger charge is 2.16. The van der Waals surface area contributed by atoms with Crippen LogP contribution in [0.5, 0.6) is 0 Å². The molecule has 0 bridgehead atoms. The Bertz CT molecular complexity index is 865. The van der Waals surface area contributed by atoms with Crippen molar-refractivity contribution in [1.29, 1.82) is 0 Å². The van der Waals surface area contributed by atoms with E-state index in [1.54, 1.807) is 11.3 Å². The summed E-state index contributed by atoms with van der Waals surface area (Å²) in [6, 6.07) is 15.1. The largest absolute Gasteiger partial charge is 0.352 e. The van der Waals surface area contributed by atoms with Crippen molar-refractivity contribution in [2.45, 2.75) is 32.7 Å². The maximum absolute atomic E-state index is 5.94. The number of fused-ring (bicyclic) bond motifs is 1. The fourth-order valence-electron chi connectivity index (χ4n) is 3.75. The lowest BCUT2D eigenvalue weighted by Gasteiger charge is -2.23. The van der Waals surface area contributed by atoms with Gasteiger partial charge >= 0.3 is 0 Å². The van der Waals surface area contributed by atoms with Crippen LogP contribution in [0, 0.1) is 6.92 Å². The van der Waals surface area contributed by atoms with Crippen molar-refractivity contribution >= 4 is 18.6 Å². The van der Waals surface area contributed by atoms with Gasteiger partial charge < -0.3 is 9.91 Å². The van der Waals surface area contributed by atoms with Crippen LogP contribution in [0.1, 0.15) is 34.2 Å². The summed E-state index contributed by atoms with van der Waals surface area (Å²) in [5.74, 6) is 5.94. The van der Waals surface area contributed by atoms with Crippen molar-refractivity contribution < 1.29 is 0 Å². The topological polar surface area (TPSA) is 57.2 Å². The molecule has 3 rings (SSSR count). The fourth-order valence-corrected chi connectivity index (χ4v) is 3.75. The third-order valence-electron chi connectivity index (χ3n) is 5.07. The second kappa shape index (κ2) is 9.33. The molecule has 146 valence electrons. The molecule has 1 aliphatic rings. The van der Waals surface area contributed by atoms with Crippen molar-refractivity contribution in [3.63, 3.8) is 0 Å². The summed E-state index contributed by atoms with van der Waals surface area (Å²) >= 11 is 0. The van der Waals surface area contributed by atoms with Crippen LogP contribution in [0.4, 0.5) is 0 Å². The molecule has 28 heavy (non-hydrogen) atoms. The second-order valence-corrected chi connectivity index (χ2v) is 7.37. The molecular weight excluding hydrogens is 346 g/mol. The molecule has 0 saturated heterocycles. The molecule has 0 aromatic heterocycles. The Morgan fingerprint density at radius 1 is 1.18 bits per heavy atom. The van der Waals surface area contributed by atoms with Crippen molar-refractivity contribution in [1.82, 2.24) is 9.91 Å². The average molecular weight is 376 g/mol. The van der Waals surface area contributed by atoms with E-state index in [4.69, 9.17) is 5.84 Å². The molecule has 5 nitrogen and oxygen atoms in total. The molecule has 0 aliphatic heterocycles. The number of nitrogens with zero attached hydrogens (tertiary/aromatic N) is 4. The van der Waals surface area contributed by atoms with Crippen molar-refractivity contribution in [3.8, 4) is 0 Å². The zero-order chi connectivity index (χ0) is 19.9. The van der Waals surface area contributed by atoms with Gasteiger partial charge in [-0.1, -0.05) is 48.0 Å². The van der Waals surface area contributed by atoms with Crippen molar-refractivity contribution in [3.05, 3.63) is 76.5 Å². The molecule has 0 unspecified atom stereocenters. The van der Waals surface area contributed by atoms with Crippen LogP contribution in [-0.2, 0) is 19.4 Å². The van der Waals surface area contributed by atoms with Gasteiger partial charge in [0.05, 0.1) is 0 Å². The number of hydrogen-bond donors (Lipinski definition) is 1. The highest BCUT2D eigenvalue weighted by molar-refractivity contribution is 5.70. The van der Waals surface area contributed by atoms with E-state index >= 15 is 0 Å². The Hall–Kier alpha value is -2.92. The summed E-state index contributed by atoms with van der Waals surface area (Å²) < 4.78 is 0. The Morgan fingerprint density at radius 2 is 1.96 bits per heavy atom. The van der Waals surface area contributed by atoms with Gasteiger partial charge in [-0.25, -0.2) is 5.84 Å². The number of aryl methyl sites for hydroxylation is 2. The molecule has 0 saturated carbocycles. The first-order valence-corrected chi connectivity index (χ1v) is 9.65. The lowest BCUT2D eigenvalue weighted by molar-refractivity contribution is 0.458. The molecule has 0 fully saturated rings. The van der Waals surface area contributed by atoms with Gasteiger partial charge in [-0.15, -0.1) is 5.10 Å². The summed E-state index contributed by atoms with van der Waals surface area (Å²) in [7, 11) is 1.84. The summed E-state index contributed by atoms with van der Waals surface area (Å²) in [6.45, 7) is 7.02. The standard InChI is InChI=1S/C23H29N5/c1-18-10-12-19(13-11-18)22(14-27(3)24)16-28(17-26-25-2)15-21-8-4-6-20-7-5-9-23(20)21/h4,6,8,10-14,17H,2,5,7,9,15-16,24H2,1,3H3/b22-14+,26-17-. The highest BCUT2D eigenvalue weighted by atomic mass is 15.4. The monoisotopic (exact) mass is 375 g/mol. The average Bonchev–Trinajstić information content (AvgIpc) is 3.15. The first-order valence-electron chi connectivity index (χ1n) is 9.65. The molecule has 0 amide bonds. The lowest BCUT2D eigenvalue weighted by atomic mass is 10.0. The zero-order valence-electron chi connectivity index (χ0n) is 16.8. The number of rotatable bonds is 8. The normalized spacial score (nSPS) is 13.6. The van der Waals surface area contributed by atoms with Crippen LogP contribution in [0.2, 0.25) is 0 Å².